The van der Waals surface area contributed by atoms with Gasteiger partial charge in [-0.15, -0.1) is 0 Å². The highest BCUT2D eigenvalue weighted by molar-refractivity contribution is 9.10. The van der Waals surface area contributed by atoms with Crippen LogP contribution in [0.15, 0.2) is 33.8 Å². The van der Waals surface area contributed by atoms with Gasteiger partial charge in [0.2, 0.25) is 5.88 Å². The van der Waals surface area contributed by atoms with E-state index < -0.39 is 9.05 Å². The maximum atomic E-state index is 11.5. The molecule has 0 bridgehead atoms. The predicted molar refractivity (Wildman–Crippen MR) is 88.1 cm³/mol. The second kappa shape index (κ2) is 6.80. The molecule has 22 heavy (non-hydrogen) atoms. The molecule has 1 aromatic heterocycles. The Kier molecular flexibility index (Phi) is 5.45. The van der Waals surface area contributed by atoms with Gasteiger partial charge in [0.25, 0.3) is 9.05 Å². The monoisotopic (exact) mass is 445 g/mol. The lowest BCUT2D eigenvalue weighted by atomic mass is 10.3. The van der Waals surface area contributed by atoms with Gasteiger partial charge in [-0.05, 0) is 12.1 Å². The Bertz CT molecular complexity index is 806. The molecule has 0 radical (unpaired) electrons. The molecule has 0 aliphatic heterocycles. The number of hydrogen-bond acceptors (Lipinski definition) is 5. The minimum atomic E-state index is -4.03. The average Bonchev–Trinajstić information content (AvgIpc) is 2.41. The van der Waals surface area contributed by atoms with Gasteiger partial charge in [0.05, 0.1) is 23.4 Å². The predicted octanol–water partition coefficient (Wildman–Crippen LogP) is 4.88. The number of hydrogen-bond donors (Lipinski definition) is 0. The summed E-state index contributed by atoms with van der Waals surface area (Å²) in [6, 6.07) is 4.27. The van der Waals surface area contributed by atoms with Gasteiger partial charge in [-0.1, -0.05) is 39.1 Å². The standard InChI is InChI=1S/C12H7BrCl3NO4S/c1-20-9-5-17-11(4-10(9)22(16,18)19)21-12-7(14)2-6(13)3-8(12)15/h2-5H,1H3. The van der Waals surface area contributed by atoms with E-state index in [1.165, 1.54) is 13.3 Å². The van der Waals surface area contributed by atoms with E-state index in [1.807, 2.05) is 0 Å². The van der Waals surface area contributed by atoms with Crippen LogP contribution in [0.3, 0.4) is 0 Å². The van der Waals surface area contributed by atoms with Crippen LogP contribution >= 0.6 is 49.8 Å². The second-order valence-corrected chi connectivity index (χ2v) is 8.18. The van der Waals surface area contributed by atoms with Gasteiger partial charge in [-0.3, -0.25) is 0 Å². The van der Waals surface area contributed by atoms with E-state index in [1.54, 1.807) is 12.1 Å². The summed E-state index contributed by atoms with van der Waals surface area (Å²) in [6.45, 7) is 0. The van der Waals surface area contributed by atoms with Gasteiger partial charge < -0.3 is 9.47 Å². The van der Waals surface area contributed by atoms with Crippen molar-refractivity contribution >= 4 is 58.9 Å². The molecule has 0 spiro atoms. The molecule has 2 aromatic rings. The van der Waals surface area contributed by atoms with E-state index in [0.29, 0.717) is 4.47 Å². The summed E-state index contributed by atoms with van der Waals surface area (Å²) in [5, 5.41) is 0.458. The van der Waals surface area contributed by atoms with Crippen LogP contribution < -0.4 is 9.47 Å². The van der Waals surface area contributed by atoms with Gasteiger partial charge >= 0.3 is 0 Å². The first-order chi connectivity index (χ1) is 10.2. The van der Waals surface area contributed by atoms with E-state index in [-0.39, 0.29) is 32.3 Å². The van der Waals surface area contributed by atoms with Crippen LogP contribution in [0.5, 0.6) is 17.4 Å². The van der Waals surface area contributed by atoms with Gasteiger partial charge in [0.15, 0.2) is 11.5 Å². The quantitative estimate of drug-likeness (QED) is 0.625. The molecule has 118 valence electrons. The van der Waals surface area contributed by atoms with Gasteiger partial charge in [0.1, 0.15) is 4.90 Å². The molecule has 0 atom stereocenters. The molecule has 0 fully saturated rings. The fourth-order valence-corrected chi connectivity index (χ4v) is 3.80. The first-order valence-electron chi connectivity index (χ1n) is 5.53. The number of nitrogens with zero attached hydrogens (tertiary/aromatic N) is 1. The number of halogens is 4. The van der Waals surface area contributed by atoms with E-state index in [2.05, 4.69) is 20.9 Å². The van der Waals surface area contributed by atoms with Crippen molar-refractivity contribution in [1.29, 1.82) is 0 Å². The van der Waals surface area contributed by atoms with Crippen molar-refractivity contribution < 1.29 is 17.9 Å². The molecule has 1 aromatic carbocycles. The van der Waals surface area contributed by atoms with Crippen LogP contribution in [0.4, 0.5) is 0 Å². The molecule has 2 rings (SSSR count). The summed E-state index contributed by atoms with van der Waals surface area (Å²) >= 11 is 15.3. The van der Waals surface area contributed by atoms with Crippen LogP contribution in [0.1, 0.15) is 0 Å². The molecule has 10 heteroatoms. The highest BCUT2D eigenvalue weighted by Gasteiger charge is 2.20. The summed E-state index contributed by atoms with van der Waals surface area (Å²) in [4.78, 5) is 3.65. The zero-order valence-corrected chi connectivity index (χ0v) is 15.5. The number of rotatable bonds is 4. The topological polar surface area (TPSA) is 65.5 Å². The van der Waals surface area contributed by atoms with Crippen molar-refractivity contribution in [3.8, 4) is 17.4 Å². The van der Waals surface area contributed by atoms with Crippen LogP contribution in [0, 0.1) is 0 Å². The zero-order valence-electron chi connectivity index (χ0n) is 10.8. The third-order valence-corrected chi connectivity index (χ3v) is 4.82. The minimum absolute atomic E-state index is 0.00431. The van der Waals surface area contributed by atoms with Crippen molar-refractivity contribution in [2.24, 2.45) is 0 Å². The summed E-state index contributed by atoms with van der Waals surface area (Å²) in [5.41, 5.74) is 0. The van der Waals surface area contributed by atoms with Crippen LogP contribution in [0.2, 0.25) is 10.0 Å². The number of methoxy groups -OCH3 is 1. The van der Waals surface area contributed by atoms with Crippen LogP contribution in [-0.4, -0.2) is 20.5 Å². The highest BCUT2D eigenvalue weighted by atomic mass is 79.9. The molecule has 0 saturated heterocycles. The molecular weight excluding hydrogens is 440 g/mol. The fourth-order valence-electron chi connectivity index (χ4n) is 1.54. The van der Waals surface area contributed by atoms with Crippen molar-refractivity contribution in [3.63, 3.8) is 0 Å². The number of aromatic nitrogens is 1. The van der Waals surface area contributed by atoms with Crippen LogP contribution in [0.25, 0.3) is 0 Å². The maximum Gasteiger partial charge on any atom is 0.265 e. The van der Waals surface area contributed by atoms with E-state index in [4.69, 9.17) is 43.4 Å². The Morgan fingerprint density at radius 3 is 2.27 bits per heavy atom. The molecule has 0 aliphatic rings. The Hall–Kier alpha value is -0.730. The molecule has 0 aliphatic carbocycles. The molecule has 5 nitrogen and oxygen atoms in total. The first kappa shape index (κ1) is 17.6. The number of ether oxygens (including phenoxy) is 2. The van der Waals surface area contributed by atoms with E-state index in [9.17, 15) is 8.42 Å². The third-order valence-electron chi connectivity index (χ3n) is 2.46. The summed E-state index contributed by atoms with van der Waals surface area (Å²) in [5.74, 6) is 0.0867. The zero-order chi connectivity index (χ0) is 16.5. The first-order valence-corrected chi connectivity index (χ1v) is 9.39. The fraction of sp³-hybridized carbons (Fsp3) is 0.0833. The summed E-state index contributed by atoms with van der Waals surface area (Å²) in [6.07, 6.45) is 1.17. The molecule has 0 N–H and O–H groups in total. The van der Waals surface area contributed by atoms with Crippen molar-refractivity contribution in [2.45, 2.75) is 4.90 Å². The molecule has 0 amide bonds. The lowest BCUT2D eigenvalue weighted by Crippen LogP contribution is -1.99. The Morgan fingerprint density at radius 1 is 1.18 bits per heavy atom. The molecule has 1 heterocycles. The third kappa shape index (κ3) is 3.97. The minimum Gasteiger partial charge on any atom is -0.494 e. The highest BCUT2D eigenvalue weighted by Crippen LogP contribution is 2.39. The van der Waals surface area contributed by atoms with Crippen molar-refractivity contribution in [3.05, 3.63) is 38.9 Å². The lowest BCUT2D eigenvalue weighted by Gasteiger charge is -2.11. The van der Waals surface area contributed by atoms with Gasteiger partial charge in [-0.2, -0.15) is 0 Å². The average molecular weight is 448 g/mol. The molecule has 0 unspecified atom stereocenters. The van der Waals surface area contributed by atoms with Gasteiger partial charge in [0, 0.05) is 21.2 Å². The largest absolute Gasteiger partial charge is 0.494 e. The van der Waals surface area contributed by atoms with Gasteiger partial charge in [-0.25, -0.2) is 13.4 Å². The number of pyridine rings is 1. The van der Waals surface area contributed by atoms with Crippen molar-refractivity contribution in [1.82, 2.24) is 4.98 Å². The summed E-state index contributed by atoms with van der Waals surface area (Å²) < 4.78 is 34.1. The molecular formula is C12H7BrCl3NO4S. The smallest absolute Gasteiger partial charge is 0.265 e. The molecule has 0 saturated carbocycles. The Labute approximate surface area is 149 Å². The lowest BCUT2D eigenvalue weighted by molar-refractivity contribution is 0.395. The van der Waals surface area contributed by atoms with Crippen LogP contribution in [-0.2, 0) is 9.05 Å². The Balaban J connectivity index is 2.48. The second-order valence-electron chi connectivity index (χ2n) is 3.91. The van der Waals surface area contributed by atoms with E-state index >= 15 is 0 Å². The SMILES string of the molecule is COc1cnc(Oc2c(Cl)cc(Br)cc2Cl)cc1S(=O)(=O)Cl. The summed E-state index contributed by atoms with van der Waals surface area (Å²) in [7, 11) is 2.61. The Morgan fingerprint density at radius 2 is 1.77 bits per heavy atom. The van der Waals surface area contributed by atoms with Crippen molar-refractivity contribution in [2.75, 3.05) is 7.11 Å². The normalized spacial score (nSPS) is 11.3. The van der Waals surface area contributed by atoms with E-state index in [0.717, 1.165) is 6.07 Å². The maximum absolute atomic E-state index is 11.5. The number of benzene rings is 1.